The van der Waals surface area contributed by atoms with Crippen molar-refractivity contribution < 1.29 is 0 Å². The lowest BCUT2D eigenvalue weighted by molar-refractivity contribution is 0.140. The molecule has 1 heterocycles. The number of rotatable bonds is 4. The van der Waals surface area contributed by atoms with Gasteiger partial charge in [0.25, 0.3) is 0 Å². The zero-order valence-corrected chi connectivity index (χ0v) is 9.29. The molecule has 2 atom stereocenters. The van der Waals surface area contributed by atoms with Crippen LogP contribution in [-0.4, -0.2) is 36.6 Å². The summed E-state index contributed by atoms with van der Waals surface area (Å²) in [7, 11) is 0. The van der Waals surface area contributed by atoms with Gasteiger partial charge in [-0.3, -0.25) is 4.90 Å². The van der Waals surface area contributed by atoms with Crippen LogP contribution in [-0.2, 0) is 0 Å². The highest BCUT2D eigenvalue weighted by molar-refractivity contribution is 4.89. The largest absolute Gasteiger partial charge is 0.310 e. The lowest BCUT2D eigenvalue weighted by atomic mass is 10.1. The molecule has 1 aliphatic rings. The van der Waals surface area contributed by atoms with Crippen molar-refractivity contribution in [1.82, 2.24) is 10.2 Å². The van der Waals surface area contributed by atoms with Gasteiger partial charge < -0.3 is 5.32 Å². The summed E-state index contributed by atoms with van der Waals surface area (Å²) in [5.41, 5.74) is 0. The van der Waals surface area contributed by atoms with Crippen LogP contribution in [0.4, 0.5) is 0 Å². The minimum absolute atomic E-state index is 0.382. The third-order valence-corrected chi connectivity index (χ3v) is 2.92. The van der Waals surface area contributed by atoms with E-state index in [1.165, 1.54) is 19.4 Å². The lowest BCUT2D eigenvalue weighted by Gasteiger charge is -2.38. The number of hydrogen-bond donors (Lipinski definition) is 1. The lowest BCUT2D eigenvalue weighted by Crippen LogP contribution is -2.55. The summed E-state index contributed by atoms with van der Waals surface area (Å²) in [6.45, 7) is 7.72. The first kappa shape index (κ1) is 11.5. The fourth-order valence-electron chi connectivity index (χ4n) is 1.91. The van der Waals surface area contributed by atoms with Crippen molar-refractivity contribution in [2.75, 3.05) is 19.6 Å². The maximum absolute atomic E-state index is 8.64. The molecule has 0 bridgehead atoms. The molecule has 3 nitrogen and oxygen atoms in total. The summed E-state index contributed by atoms with van der Waals surface area (Å²) >= 11 is 0. The van der Waals surface area contributed by atoms with Crippen LogP contribution in [0, 0.1) is 11.3 Å². The maximum Gasteiger partial charge on any atom is 0.0638 e. The average molecular weight is 195 g/mol. The van der Waals surface area contributed by atoms with Crippen molar-refractivity contribution in [3.05, 3.63) is 0 Å². The van der Waals surface area contributed by atoms with Crippen LogP contribution in [0.1, 0.15) is 33.1 Å². The van der Waals surface area contributed by atoms with E-state index in [2.05, 4.69) is 30.1 Å². The molecule has 0 amide bonds. The van der Waals surface area contributed by atoms with Gasteiger partial charge in [0.2, 0.25) is 0 Å². The predicted octanol–water partition coefficient (Wildman–Crippen LogP) is 1.36. The first-order chi connectivity index (χ1) is 6.77. The van der Waals surface area contributed by atoms with Gasteiger partial charge in [-0.2, -0.15) is 5.26 Å². The number of nitrogens with one attached hydrogen (secondary N) is 1. The first-order valence-corrected chi connectivity index (χ1v) is 5.62. The highest BCUT2D eigenvalue weighted by atomic mass is 15.2. The van der Waals surface area contributed by atoms with Crippen LogP contribution in [0.5, 0.6) is 0 Å². The number of piperazine rings is 1. The molecule has 1 fully saturated rings. The van der Waals surface area contributed by atoms with Gasteiger partial charge in [-0.25, -0.2) is 0 Å². The second-order valence-corrected chi connectivity index (χ2v) is 4.16. The molecule has 0 saturated carbocycles. The molecular weight excluding hydrogens is 174 g/mol. The number of unbranched alkanes of at least 4 members (excludes halogenated alkanes) is 1. The highest BCUT2D eigenvalue weighted by Crippen LogP contribution is 2.09. The van der Waals surface area contributed by atoms with E-state index < -0.39 is 0 Å². The second-order valence-electron chi connectivity index (χ2n) is 4.16. The Balaban J connectivity index is 2.35. The van der Waals surface area contributed by atoms with Gasteiger partial charge >= 0.3 is 0 Å². The van der Waals surface area contributed by atoms with Crippen molar-refractivity contribution in [2.24, 2.45) is 0 Å². The molecule has 0 aromatic heterocycles. The average Bonchev–Trinajstić information content (AvgIpc) is 2.19. The third-order valence-electron chi connectivity index (χ3n) is 2.92. The van der Waals surface area contributed by atoms with Gasteiger partial charge in [-0.15, -0.1) is 0 Å². The predicted molar refractivity (Wildman–Crippen MR) is 58.0 cm³/mol. The second kappa shape index (κ2) is 6.00. The van der Waals surface area contributed by atoms with Crippen molar-refractivity contribution in [3.63, 3.8) is 0 Å². The minimum atomic E-state index is 0.382. The van der Waals surface area contributed by atoms with Gasteiger partial charge in [-0.05, 0) is 19.9 Å². The molecule has 0 radical (unpaired) electrons. The van der Waals surface area contributed by atoms with Gasteiger partial charge in [0.1, 0.15) is 0 Å². The zero-order valence-electron chi connectivity index (χ0n) is 9.29. The Hall–Kier alpha value is -0.590. The number of hydrogen-bond acceptors (Lipinski definition) is 3. The zero-order chi connectivity index (χ0) is 10.4. The Bertz CT molecular complexity index is 197. The molecule has 80 valence electrons. The number of nitriles is 1. The fraction of sp³-hybridized carbons (Fsp3) is 0.909. The quantitative estimate of drug-likeness (QED) is 0.736. The molecule has 0 spiro atoms. The maximum atomic E-state index is 8.64. The first-order valence-electron chi connectivity index (χ1n) is 5.62. The monoisotopic (exact) mass is 195 g/mol. The smallest absolute Gasteiger partial charge is 0.0638 e. The Morgan fingerprint density at radius 3 is 3.00 bits per heavy atom. The van der Waals surface area contributed by atoms with E-state index in [-0.39, 0.29) is 0 Å². The molecule has 3 heteroatoms. The molecule has 1 N–H and O–H groups in total. The molecular formula is C11H21N3. The molecule has 1 aliphatic heterocycles. The van der Waals surface area contributed by atoms with Gasteiger partial charge in [0.05, 0.1) is 12.5 Å². The summed E-state index contributed by atoms with van der Waals surface area (Å²) in [5, 5.41) is 12.1. The molecule has 0 aromatic carbocycles. The molecule has 2 unspecified atom stereocenters. The van der Waals surface area contributed by atoms with E-state index in [9.17, 15) is 0 Å². The van der Waals surface area contributed by atoms with Crippen molar-refractivity contribution >= 4 is 0 Å². The summed E-state index contributed by atoms with van der Waals surface area (Å²) < 4.78 is 0. The van der Waals surface area contributed by atoms with Crippen LogP contribution >= 0.6 is 0 Å². The van der Waals surface area contributed by atoms with Crippen molar-refractivity contribution in [3.8, 4) is 6.07 Å². The van der Waals surface area contributed by atoms with E-state index in [1.807, 2.05) is 0 Å². The molecule has 0 aromatic rings. The van der Waals surface area contributed by atoms with Crippen LogP contribution in [0.2, 0.25) is 0 Å². The SMILES string of the molecule is CCCCN1CC(CC#N)NCC1C. The van der Waals surface area contributed by atoms with Gasteiger partial charge in [-0.1, -0.05) is 13.3 Å². The minimum Gasteiger partial charge on any atom is -0.310 e. The van der Waals surface area contributed by atoms with E-state index in [0.29, 0.717) is 18.5 Å². The van der Waals surface area contributed by atoms with Crippen molar-refractivity contribution in [2.45, 2.75) is 45.2 Å². The Morgan fingerprint density at radius 2 is 2.36 bits per heavy atom. The number of nitrogens with zero attached hydrogens (tertiary/aromatic N) is 2. The van der Waals surface area contributed by atoms with E-state index in [1.54, 1.807) is 0 Å². The molecule has 1 saturated heterocycles. The van der Waals surface area contributed by atoms with E-state index in [0.717, 1.165) is 13.1 Å². The Kier molecular flexibility index (Phi) is 4.92. The molecule has 14 heavy (non-hydrogen) atoms. The Labute approximate surface area is 87.1 Å². The topological polar surface area (TPSA) is 39.1 Å². The molecule has 1 rings (SSSR count). The van der Waals surface area contributed by atoms with Gasteiger partial charge in [0.15, 0.2) is 0 Å². The van der Waals surface area contributed by atoms with Crippen LogP contribution < -0.4 is 5.32 Å². The van der Waals surface area contributed by atoms with E-state index >= 15 is 0 Å². The summed E-state index contributed by atoms with van der Waals surface area (Å²) in [6, 6.07) is 3.24. The summed E-state index contributed by atoms with van der Waals surface area (Å²) in [6.07, 6.45) is 3.15. The van der Waals surface area contributed by atoms with Crippen LogP contribution in [0.15, 0.2) is 0 Å². The molecule has 0 aliphatic carbocycles. The van der Waals surface area contributed by atoms with Crippen LogP contribution in [0.25, 0.3) is 0 Å². The fourth-order valence-corrected chi connectivity index (χ4v) is 1.91. The Morgan fingerprint density at radius 1 is 1.57 bits per heavy atom. The summed E-state index contributed by atoms with van der Waals surface area (Å²) in [5.74, 6) is 0. The third kappa shape index (κ3) is 3.28. The normalized spacial score (nSPS) is 28.6. The van der Waals surface area contributed by atoms with Crippen molar-refractivity contribution in [1.29, 1.82) is 5.26 Å². The van der Waals surface area contributed by atoms with Crippen LogP contribution in [0.3, 0.4) is 0 Å². The summed E-state index contributed by atoms with van der Waals surface area (Å²) in [4.78, 5) is 2.50. The highest BCUT2D eigenvalue weighted by Gasteiger charge is 2.23. The van der Waals surface area contributed by atoms with Gasteiger partial charge in [0, 0.05) is 25.2 Å². The standard InChI is InChI=1S/C11H21N3/c1-3-4-7-14-9-11(5-6-12)13-8-10(14)2/h10-11,13H,3-5,7-9H2,1-2H3. The van der Waals surface area contributed by atoms with E-state index in [4.69, 9.17) is 5.26 Å².